The van der Waals surface area contributed by atoms with Gasteiger partial charge in [0.15, 0.2) is 0 Å². The summed E-state index contributed by atoms with van der Waals surface area (Å²) in [5.41, 5.74) is 1.85. The molecule has 0 aliphatic carbocycles. The fourth-order valence-corrected chi connectivity index (χ4v) is 2.30. The van der Waals surface area contributed by atoms with Gasteiger partial charge in [0.1, 0.15) is 0 Å². The van der Waals surface area contributed by atoms with Crippen molar-refractivity contribution in [2.75, 3.05) is 5.32 Å². The molecule has 23 heavy (non-hydrogen) atoms. The normalized spacial score (nSPS) is 10.2. The number of nitrogens with zero attached hydrogens (tertiary/aromatic N) is 1. The third-order valence-corrected chi connectivity index (χ3v) is 3.46. The molecule has 0 aliphatic rings. The summed E-state index contributed by atoms with van der Waals surface area (Å²) < 4.78 is 0. The van der Waals surface area contributed by atoms with Crippen LogP contribution in [0.15, 0.2) is 42.5 Å². The Labute approximate surface area is 134 Å². The first-order valence-corrected chi connectivity index (χ1v) is 7.11. The first kappa shape index (κ1) is 16.2. The van der Waals surface area contributed by atoms with Crippen molar-refractivity contribution >= 4 is 17.6 Å². The molecule has 5 nitrogen and oxygen atoms in total. The van der Waals surface area contributed by atoms with E-state index in [0.29, 0.717) is 11.3 Å². The number of anilines is 1. The molecule has 2 aromatic rings. The first-order valence-electron chi connectivity index (χ1n) is 7.11. The van der Waals surface area contributed by atoms with Gasteiger partial charge in [0.2, 0.25) is 0 Å². The lowest BCUT2D eigenvalue weighted by molar-refractivity contribution is 0.0692. The van der Waals surface area contributed by atoms with Gasteiger partial charge in [-0.3, -0.25) is 4.79 Å². The van der Waals surface area contributed by atoms with Crippen molar-refractivity contribution in [2.45, 2.75) is 19.8 Å². The maximum Gasteiger partial charge on any atom is 0.336 e. The van der Waals surface area contributed by atoms with Crippen LogP contribution in [-0.4, -0.2) is 17.0 Å². The van der Waals surface area contributed by atoms with Crippen molar-refractivity contribution < 1.29 is 14.7 Å². The summed E-state index contributed by atoms with van der Waals surface area (Å²) in [6.45, 7) is 3.97. The third-order valence-electron chi connectivity index (χ3n) is 3.46. The van der Waals surface area contributed by atoms with Crippen LogP contribution in [0.1, 0.15) is 51.6 Å². The van der Waals surface area contributed by atoms with Gasteiger partial charge in [-0.15, -0.1) is 0 Å². The monoisotopic (exact) mass is 308 g/mol. The van der Waals surface area contributed by atoms with Crippen LogP contribution in [0.3, 0.4) is 0 Å². The molecule has 116 valence electrons. The molecule has 0 heterocycles. The van der Waals surface area contributed by atoms with E-state index in [9.17, 15) is 14.9 Å². The van der Waals surface area contributed by atoms with Crippen LogP contribution >= 0.6 is 0 Å². The minimum atomic E-state index is -1.16. The lowest BCUT2D eigenvalue weighted by atomic mass is 9.97. The number of benzene rings is 2. The number of carbonyl (C=O) groups is 2. The van der Waals surface area contributed by atoms with Gasteiger partial charge in [0.25, 0.3) is 5.91 Å². The summed E-state index contributed by atoms with van der Waals surface area (Å²) in [5, 5.41) is 21.0. The van der Waals surface area contributed by atoms with Crippen molar-refractivity contribution in [2.24, 2.45) is 0 Å². The second-order valence-electron chi connectivity index (χ2n) is 5.37. The molecule has 0 atom stereocenters. The zero-order valence-corrected chi connectivity index (χ0v) is 12.8. The molecule has 0 unspecified atom stereocenters. The quantitative estimate of drug-likeness (QED) is 0.902. The first-order chi connectivity index (χ1) is 10.9. The fraction of sp³-hybridized carbons (Fsp3) is 0.167. The topological polar surface area (TPSA) is 90.2 Å². The number of hydrogen-bond acceptors (Lipinski definition) is 3. The molecule has 0 spiro atoms. The van der Waals surface area contributed by atoms with E-state index in [1.54, 1.807) is 30.3 Å². The Bertz CT molecular complexity index is 804. The largest absolute Gasteiger partial charge is 0.478 e. The standard InChI is InChI=1S/C18H16N2O3/c1-11(2)14-8-7-13(9-12(14)10-19)20-17(21)15-5-3-4-6-16(15)18(22)23/h3-9,11H,1-2H3,(H,20,21)(H,22,23). The summed E-state index contributed by atoms with van der Waals surface area (Å²) in [6, 6.07) is 13.2. The van der Waals surface area contributed by atoms with E-state index in [-0.39, 0.29) is 17.0 Å². The average molecular weight is 308 g/mol. The van der Waals surface area contributed by atoms with Crippen LogP contribution in [0.5, 0.6) is 0 Å². The minimum Gasteiger partial charge on any atom is -0.478 e. The Kier molecular flexibility index (Phi) is 4.77. The summed E-state index contributed by atoms with van der Waals surface area (Å²) in [4.78, 5) is 23.5. The highest BCUT2D eigenvalue weighted by molar-refractivity contribution is 6.10. The van der Waals surface area contributed by atoms with Gasteiger partial charge in [-0.25, -0.2) is 4.79 Å². The highest BCUT2D eigenvalue weighted by atomic mass is 16.4. The molecule has 5 heteroatoms. The van der Waals surface area contributed by atoms with E-state index in [1.165, 1.54) is 12.1 Å². The van der Waals surface area contributed by atoms with Gasteiger partial charge in [0, 0.05) is 5.69 Å². The smallest absolute Gasteiger partial charge is 0.336 e. The van der Waals surface area contributed by atoms with Crippen molar-refractivity contribution in [3.05, 3.63) is 64.7 Å². The molecular weight excluding hydrogens is 292 g/mol. The number of carboxylic acid groups (broad SMARTS) is 1. The summed E-state index contributed by atoms with van der Waals surface area (Å²) in [7, 11) is 0. The highest BCUT2D eigenvalue weighted by Gasteiger charge is 2.16. The molecule has 0 aliphatic heterocycles. The SMILES string of the molecule is CC(C)c1ccc(NC(=O)c2ccccc2C(=O)O)cc1C#N. The highest BCUT2D eigenvalue weighted by Crippen LogP contribution is 2.23. The average Bonchev–Trinajstić information content (AvgIpc) is 2.54. The predicted octanol–water partition coefficient (Wildman–Crippen LogP) is 3.63. The Morgan fingerprint density at radius 2 is 1.78 bits per heavy atom. The van der Waals surface area contributed by atoms with Crippen LogP contribution in [0.25, 0.3) is 0 Å². The van der Waals surface area contributed by atoms with Crippen LogP contribution < -0.4 is 5.32 Å². The van der Waals surface area contributed by atoms with Crippen molar-refractivity contribution in [1.29, 1.82) is 5.26 Å². The zero-order chi connectivity index (χ0) is 17.0. The molecule has 0 radical (unpaired) electrons. The van der Waals surface area contributed by atoms with Gasteiger partial charge >= 0.3 is 5.97 Å². The number of rotatable bonds is 4. The molecule has 0 aromatic heterocycles. The second kappa shape index (κ2) is 6.75. The summed E-state index contributed by atoms with van der Waals surface area (Å²) in [5.74, 6) is -1.49. The molecule has 0 bridgehead atoms. The number of nitriles is 1. The number of nitrogens with one attached hydrogen (secondary N) is 1. The molecule has 2 aromatic carbocycles. The summed E-state index contributed by atoms with van der Waals surface area (Å²) in [6.07, 6.45) is 0. The molecule has 2 rings (SSSR count). The van der Waals surface area contributed by atoms with E-state index in [4.69, 9.17) is 5.11 Å². The van der Waals surface area contributed by atoms with E-state index in [0.717, 1.165) is 5.56 Å². The van der Waals surface area contributed by atoms with Gasteiger partial charge < -0.3 is 10.4 Å². The van der Waals surface area contributed by atoms with E-state index in [1.807, 2.05) is 13.8 Å². The van der Waals surface area contributed by atoms with Gasteiger partial charge in [-0.05, 0) is 35.7 Å². The van der Waals surface area contributed by atoms with Crippen molar-refractivity contribution in [1.82, 2.24) is 0 Å². The fourth-order valence-electron chi connectivity index (χ4n) is 2.30. The van der Waals surface area contributed by atoms with Crippen molar-refractivity contribution in [3.8, 4) is 6.07 Å². The maximum atomic E-state index is 12.3. The zero-order valence-electron chi connectivity index (χ0n) is 12.8. The van der Waals surface area contributed by atoms with Crippen LogP contribution in [0, 0.1) is 11.3 Å². The molecule has 0 saturated carbocycles. The lowest BCUT2D eigenvalue weighted by Crippen LogP contribution is -2.16. The molecule has 1 amide bonds. The third kappa shape index (κ3) is 3.55. The Hall–Kier alpha value is -3.13. The van der Waals surface area contributed by atoms with Gasteiger partial charge in [0.05, 0.1) is 22.8 Å². The van der Waals surface area contributed by atoms with Crippen LogP contribution in [0.4, 0.5) is 5.69 Å². The maximum absolute atomic E-state index is 12.3. The van der Waals surface area contributed by atoms with Crippen LogP contribution in [-0.2, 0) is 0 Å². The Balaban J connectivity index is 2.32. The molecular formula is C18H16N2O3. The lowest BCUT2D eigenvalue weighted by Gasteiger charge is -2.11. The molecule has 2 N–H and O–H groups in total. The predicted molar refractivity (Wildman–Crippen MR) is 86.6 cm³/mol. The van der Waals surface area contributed by atoms with E-state index in [2.05, 4.69) is 11.4 Å². The number of carboxylic acids is 1. The van der Waals surface area contributed by atoms with Gasteiger partial charge in [-0.1, -0.05) is 32.0 Å². The number of carbonyl (C=O) groups excluding carboxylic acids is 1. The molecule has 0 saturated heterocycles. The Morgan fingerprint density at radius 1 is 1.13 bits per heavy atom. The molecule has 0 fully saturated rings. The number of hydrogen-bond donors (Lipinski definition) is 2. The number of aromatic carboxylic acids is 1. The van der Waals surface area contributed by atoms with Crippen molar-refractivity contribution in [3.63, 3.8) is 0 Å². The van der Waals surface area contributed by atoms with Gasteiger partial charge in [-0.2, -0.15) is 5.26 Å². The second-order valence-corrected chi connectivity index (χ2v) is 5.37. The van der Waals surface area contributed by atoms with E-state index >= 15 is 0 Å². The Morgan fingerprint density at radius 3 is 2.35 bits per heavy atom. The van der Waals surface area contributed by atoms with Crippen LogP contribution in [0.2, 0.25) is 0 Å². The minimum absolute atomic E-state index is 0.0655. The van der Waals surface area contributed by atoms with E-state index < -0.39 is 11.9 Å². The number of amides is 1. The summed E-state index contributed by atoms with van der Waals surface area (Å²) >= 11 is 0.